The van der Waals surface area contributed by atoms with Gasteiger partial charge in [0.05, 0.1) is 0 Å². The van der Waals surface area contributed by atoms with E-state index in [9.17, 15) is 8.78 Å². The Balaban J connectivity index is 2.32. The zero-order chi connectivity index (χ0) is 11.5. The van der Waals surface area contributed by atoms with E-state index in [2.05, 4.69) is 9.97 Å². The fourth-order valence-corrected chi connectivity index (χ4v) is 1.83. The van der Waals surface area contributed by atoms with Crippen LogP contribution in [-0.4, -0.2) is 9.97 Å². The van der Waals surface area contributed by atoms with E-state index in [4.69, 9.17) is 5.73 Å². The van der Waals surface area contributed by atoms with E-state index in [0.717, 1.165) is 22.7 Å². The maximum Gasteiger partial charge on any atom is 0.168 e. The maximum absolute atomic E-state index is 13.3. The highest BCUT2D eigenvalue weighted by molar-refractivity contribution is 7.99. The van der Waals surface area contributed by atoms with Crippen LogP contribution < -0.4 is 5.73 Å². The predicted molar refractivity (Wildman–Crippen MR) is 56.9 cm³/mol. The zero-order valence-electron chi connectivity index (χ0n) is 8.02. The van der Waals surface area contributed by atoms with Gasteiger partial charge in [0, 0.05) is 23.4 Å². The molecule has 0 unspecified atom stereocenters. The van der Waals surface area contributed by atoms with Crippen molar-refractivity contribution in [3.05, 3.63) is 42.2 Å². The molecular weight excluding hydrogens is 232 g/mol. The van der Waals surface area contributed by atoms with Crippen molar-refractivity contribution in [2.75, 3.05) is 5.73 Å². The van der Waals surface area contributed by atoms with Crippen LogP contribution in [0.4, 0.5) is 14.6 Å². The molecule has 0 bridgehead atoms. The van der Waals surface area contributed by atoms with Crippen LogP contribution in [0.1, 0.15) is 0 Å². The van der Waals surface area contributed by atoms with E-state index in [-0.39, 0.29) is 10.8 Å². The van der Waals surface area contributed by atoms with Crippen molar-refractivity contribution in [2.24, 2.45) is 0 Å². The van der Waals surface area contributed by atoms with Gasteiger partial charge in [-0.25, -0.2) is 13.8 Å². The monoisotopic (exact) mass is 239 g/mol. The van der Waals surface area contributed by atoms with Crippen LogP contribution in [0.5, 0.6) is 0 Å². The van der Waals surface area contributed by atoms with Crippen LogP contribution in [0.25, 0.3) is 0 Å². The molecule has 82 valence electrons. The molecule has 16 heavy (non-hydrogen) atoms. The number of nitrogen functional groups attached to an aromatic ring is 1. The third kappa shape index (κ3) is 2.27. The molecule has 0 aliphatic heterocycles. The second-order valence-electron chi connectivity index (χ2n) is 2.93. The van der Waals surface area contributed by atoms with Gasteiger partial charge in [0.15, 0.2) is 17.5 Å². The molecule has 0 atom stereocenters. The van der Waals surface area contributed by atoms with Gasteiger partial charge in [-0.05, 0) is 12.1 Å². The van der Waals surface area contributed by atoms with Crippen LogP contribution in [0.3, 0.4) is 0 Å². The molecule has 6 heteroatoms. The van der Waals surface area contributed by atoms with Gasteiger partial charge in [-0.3, -0.25) is 4.98 Å². The van der Waals surface area contributed by atoms with Crippen molar-refractivity contribution < 1.29 is 8.78 Å². The summed E-state index contributed by atoms with van der Waals surface area (Å²) in [5, 5.41) is 0.0464. The van der Waals surface area contributed by atoms with E-state index in [1.165, 1.54) is 0 Å². The Morgan fingerprint density at radius 1 is 1.12 bits per heavy atom. The van der Waals surface area contributed by atoms with Crippen LogP contribution in [0.15, 0.2) is 40.5 Å². The number of halogens is 2. The van der Waals surface area contributed by atoms with Gasteiger partial charge in [-0.1, -0.05) is 11.8 Å². The first-order chi connectivity index (χ1) is 7.66. The molecule has 2 heterocycles. The minimum atomic E-state index is -0.850. The third-order valence-electron chi connectivity index (χ3n) is 1.79. The Hall–Kier alpha value is -1.69. The summed E-state index contributed by atoms with van der Waals surface area (Å²) in [6.07, 6.45) is 3.15. The summed E-state index contributed by atoms with van der Waals surface area (Å²) < 4.78 is 26.2. The van der Waals surface area contributed by atoms with Gasteiger partial charge < -0.3 is 5.73 Å². The molecule has 0 fully saturated rings. The summed E-state index contributed by atoms with van der Waals surface area (Å²) >= 11 is 1.06. The van der Waals surface area contributed by atoms with Crippen molar-refractivity contribution in [3.8, 4) is 0 Å². The standard InChI is InChI=1S/C10H7F2N3S/c11-7-5-8(12)10(15-9(7)13)16-6-1-3-14-4-2-6/h1-5H,(H2,13,15). The summed E-state index contributed by atoms with van der Waals surface area (Å²) in [5.41, 5.74) is 5.26. The second kappa shape index (κ2) is 4.44. The van der Waals surface area contributed by atoms with Gasteiger partial charge in [0.1, 0.15) is 5.03 Å². The number of pyridine rings is 2. The number of hydrogen-bond donors (Lipinski definition) is 1. The molecule has 3 nitrogen and oxygen atoms in total. The average Bonchev–Trinajstić information content (AvgIpc) is 2.27. The topological polar surface area (TPSA) is 51.8 Å². The van der Waals surface area contributed by atoms with E-state index >= 15 is 0 Å². The zero-order valence-corrected chi connectivity index (χ0v) is 8.84. The summed E-state index contributed by atoms with van der Waals surface area (Å²) in [4.78, 5) is 8.22. The average molecular weight is 239 g/mol. The number of hydrogen-bond acceptors (Lipinski definition) is 4. The largest absolute Gasteiger partial charge is 0.381 e. The molecule has 0 saturated carbocycles. The maximum atomic E-state index is 13.3. The van der Waals surface area contributed by atoms with E-state index in [0.29, 0.717) is 0 Å². The minimum absolute atomic E-state index is 0.0464. The Bertz CT molecular complexity index is 505. The first kappa shape index (κ1) is 10.8. The van der Waals surface area contributed by atoms with E-state index < -0.39 is 11.6 Å². The van der Waals surface area contributed by atoms with Crippen molar-refractivity contribution in [3.63, 3.8) is 0 Å². The Morgan fingerprint density at radius 3 is 2.50 bits per heavy atom. The number of anilines is 1. The van der Waals surface area contributed by atoms with Crippen LogP contribution in [0.2, 0.25) is 0 Å². The lowest BCUT2D eigenvalue weighted by molar-refractivity contribution is 0.552. The van der Waals surface area contributed by atoms with Crippen molar-refractivity contribution in [2.45, 2.75) is 9.92 Å². The van der Waals surface area contributed by atoms with Crippen LogP contribution in [0, 0.1) is 11.6 Å². The summed E-state index contributed by atoms with van der Waals surface area (Å²) in [7, 11) is 0. The summed E-state index contributed by atoms with van der Waals surface area (Å²) in [6, 6.07) is 4.13. The molecule has 0 amide bonds. The Morgan fingerprint density at radius 2 is 1.81 bits per heavy atom. The lowest BCUT2D eigenvalue weighted by Crippen LogP contribution is -1.98. The van der Waals surface area contributed by atoms with E-state index in [1.807, 2.05) is 0 Å². The summed E-state index contributed by atoms with van der Waals surface area (Å²) in [6.45, 7) is 0. The number of nitrogens with two attached hydrogens (primary N) is 1. The fourth-order valence-electron chi connectivity index (χ4n) is 1.05. The van der Waals surface area contributed by atoms with Crippen LogP contribution >= 0.6 is 11.8 Å². The fraction of sp³-hybridized carbons (Fsp3) is 0. The third-order valence-corrected chi connectivity index (χ3v) is 2.78. The molecule has 0 aromatic carbocycles. The highest BCUT2D eigenvalue weighted by atomic mass is 32.2. The lowest BCUT2D eigenvalue weighted by atomic mass is 10.4. The van der Waals surface area contributed by atoms with E-state index in [1.54, 1.807) is 24.5 Å². The normalized spacial score (nSPS) is 10.4. The smallest absolute Gasteiger partial charge is 0.168 e. The van der Waals surface area contributed by atoms with Crippen LogP contribution in [-0.2, 0) is 0 Å². The van der Waals surface area contributed by atoms with Crippen molar-refractivity contribution in [1.29, 1.82) is 0 Å². The molecule has 2 N–H and O–H groups in total. The minimum Gasteiger partial charge on any atom is -0.381 e. The van der Waals surface area contributed by atoms with Gasteiger partial charge in [-0.15, -0.1) is 0 Å². The van der Waals surface area contributed by atoms with Gasteiger partial charge in [-0.2, -0.15) is 0 Å². The molecule has 0 saturated heterocycles. The van der Waals surface area contributed by atoms with Gasteiger partial charge in [0.2, 0.25) is 0 Å². The quantitative estimate of drug-likeness (QED) is 0.874. The number of nitrogens with zero attached hydrogens (tertiary/aromatic N) is 2. The highest BCUT2D eigenvalue weighted by Gasteiger charge is 2.10. The summed E-state index contributed by atoms with van der Waals surface area (Å²) in [5.74, 6) is -1.89. The molecule has 2 aromatic rings. The molecule has 0 spiro atoms. The van der Waals surface area contributed by atoms with Gasteiger partial charge >= 0.3 is 0 Å². The second-order valence-corrected chi connectivity index (χ2v) is 3.99. The molecule has 2 aromatic heterocycles. The number of aromatic nitrogens is 2. The highest BCUT2D eigenvalue weighted by Crippen LogP contribution is 2.28. The van der Waals surface area contributed by atoms with Gasteiger partial charge in [0.25, 0.3) is 0 Å². The molecule has 2 rings (SSSR count). The lowest BCUT2D eigenvalue weighted by Gasteiger charge is -2.03. The number of rotatable bonds is 2. The molecular formula is C10H7F2N3S. The van der Waals surface area contributed by atoms with Crippen molar-refractivity contribution >= 4 is 17.6 Å². The first-order valence-corrected chi connectivity index (χ1v) is 5.18. The Labute approximate surface area is 94.7 Å². The first-order valence-electron chi connectivity index (χ1n) is 4.36. The van der Waals surface area contributed by atoms with Crippen molar-refractivity contribution in [1.82, 2.24) is 9.97 Å². The molecule has 0 radical (unpaired) electrons. The predicted octanol–water partition coefficient (Wildman–Crippen LogP) is 2.49. The SMILES string of the molecule is Nc1nc(Sc2ccncc2)c(F)cc1F. The molecule has 0 aliphatic rings. The Kier molecular flexibility index (Phi) is 3.00. The molecule has 0 aliphatic carbocycles.